The first kappa shape index (κ1) is 19.6. The van der Waals surface area contributed by atoms with E-state index in [9.17, 15) is 19.1 Å². The second-order valence-electron chi connectivity index (χ2n) is 6.99. The molecule has 0 aliphatic heterocycles. The summed E-state index contributed by atoms with van der Waals surface area (Å²) in [7, 11) is 3.70. The number of rotatable bonds is 7. The number of phenols is 1. The predicted molar refractivity (Wildman–Crippen MR) is 105 cm³/mol. The molecule has 0 radical (unpaired) electrons. The highest BCUT2D eigenvalue weighted by atomic mass is 19.1. The average Bonchev–Trinajstić information content (AvgIpc) is 2.66. The van der Waals surface area contributed by atoms with Crippen molar-refractivity contribution < 1.29 is 19.1 Å². The van der Waals surface area contributed by atoms with Crippen LogP contribution in [-0.2, 0) is 24.2 Å². The lowest BCUT2D eigenvalue weighted by atomic mass is 9.92. The highest BCUT2D eigenvalue weighted by Crippen LogP contribution is 2.35. The van der Waals surface area contributed by atoms with Gasteiger partial charge in [-0.05, 0) is 61.0 Å². The molecule has 0 saturated carbocycles. The second-order valence-corrected chi connectivity index (χ2v) is 6.99. The number of phenolic OH excluding ortho intramolecular Hbond substituents is 1. The number of pyridine rings is 1. The molecule has 144 valence electrons. The maximum atomic E-state index is 13.1. The smallest absolute Gasteiger partial charge is 0.154 e. The standard InChI is InChI=1S/C22H21FN2O3/c1-25(2)12-19-17(7-8-26)18-10-15(9-14-3-5-16(23)6-4-14)11-24-21(18)22(28)20(19)13-27/h3-6,8,10-11,13,28H,7,9,12H2,1-2H3. The van der Waals surface area contributed by atoms with Crippen LogP contribution in [0.3, 0.4) is 0 Å². The minimum absolute atomic E-state index is 0.114. The van der Waals surface area contributed by atoms with E-state index in [0.717, 1.165) is 17.4 Å². The van der Waals surface area contributed by atoms with Crippen molar-refractivity contribution in [3.05, 3.63) is 70.2 Å². The maximum Gasteiger partial charge on any atom is 0.154 e. The van der Waals surface area contributed by atoms with Gasteiger partial charge in [0.1, 0.15) is 17.6 Å². The quantitative estimate of drug-likeness (QED) is 0.637. The third-order valence-corrected chi connectivity index (χ3v) is 4.64. The summed E-state index contributed by atoms with van der Waals surface area (Å²) in [5.41, 5.74) is 3.55. The van der Waals surface area contributed by atoms with Crippen molar-refractivity contribution in [2.75, 3.05) is 14.1 Å². The molecular formula is C22H21FN2O3. The van der Waals surface area contributed by atoms with Gasteiger partial charge in [0, 0.05) is 24.5 Å². The van der Waals surface area contributed by atoms with E-state index in [1.54, 1.807) is 18.3 Å². The molecule has 0 spiro atoms. The molecule has 0 aliphatic rings. The molecule has 0 fully saturated rings. The number of carbonyl (C=O) groups is 2. The van der Waals surface area contributed by atoms with Gasteiger partial charge in [-0.3, -0.25) is 9.78 Å². The Morgan fingerprint density at radius 3 is 2.43 bits per heavy atom. The van der Waals surface area contributed by atoms with Gasteiger partial charge in [-0.2, -0.15) is 0 Å². The number of halogens is 1. The SMILES string of the molecule is CN(C)Cc1c(C=O)c(O)c2ncc(Cc3ccc(F)cc3)cc2c1CC=O. The van der Waals surface area contributed by atoms with Crippen LogP contribution in [0, 0.1) is 5.82 Å². The summed E-state index contributed by atoms with van der Waals surface area (Å²) in [6, 6.07) is 8.09. The molecule has 0 atom stereocenters. The Morgan fingerprint density at radius 1 is 1.11 bits per heavy atom. The molecule has 2 aromatic carbocycles. The lowest BCUT2D eigenvalue weighted by Gasteiger charge is -2.19. The number of carbonyl (C=O) groups excluding carboxylic acids is 2. The van der Waals surface area contributed by atoms with Gasteiger partial charge in [0.25, 0.3) is 0 Å². The van der Waals surface area contributed by atoms with E-state index in [-0.39, 0.29) is 23.6 Å². The minimum Gasteiger partial charge on any atom is -0.505 e. The Morgan fingerprint density at radius 2 is 1.82 bits per heavy atom. The molecule has 3 rings (SSSR count). The number of fused-ring (bicyclic) bond motifs is 1. The molecule has 0 amide bonds. The Balaban J connectivity index is 2.19. The number of hydrogen-bond donors (Lipinski definition) is 1. The van der Waals surface area contributed by atoms with E-state index in [0.29, 0.717) is 41.3 Å². The van der Waals surface area contributed by atoms with E-state index in [4.69, 9.17) is 0 Å². The predicted octanol–water partition coefficient (Wildman–Crippen LogP) is 3.29. The van der Waals surface area contributed by atoms with Gasteiger partial charge in [0.2, 0.25) is 0 Å². The zero-order chi connectivity index (χ0) is 20.3. The van der Waals surface area contributed by atoms with Crippen LogP contribution in [-0.4, -0.2) is 41.7 Å². The van der Waals surface area contributed by atoms with Crippen molar-refractivity contribution in [1.29, 1.82) is 0 Å². The zero-order valence-electron chi connectivity index (χ0n) is 15.8. The summed E-state index contributed by atoms with van der Waals surface area (Å²) in [6.07, 6.45) is 3.66. The summed E-state index contributed by atoms with van der Waals surface area (Å²) >= 11 is 0. The van der Waals surface area contributed by atoms with Gasteiger partial charge in [0.15, 0.2) is 12.0 Å². The van der Waals surface area contributed by atoms with Gasteiger partial charge >= 0.3 is 0 Å². The van der Waals surface area contributed by atoms with Gasteiger partial charge in [-0.15, -0.1) is 0 Å². The summed E-state index contributed by atoms with van der Waals surface area (Å²) < 4.78 is 13.1. The minimum atomic E-state index is -0.298. The third-order valence-electron chi connectivity index (χ3n) is 4.64. The van der Waals surface area contributed by atoms with Gasteiger partial charge in [-0.1, -0.05) is 12.1 Å². The summed E-state index contributed by atoms with van der Waals surface area (Å²) in [4.78, 5) is 29.2. The molecular weight excluding hydrogens is 359 g/mol. The summed E-state index contributed by atoms with van der Waals surface area (Å²) in [5, 5.41) is 11.2. The molecule has 1 aromatic heterocycles. The molecule has 3 aromatic rings. The number of aromatic hydroxyl groups is 1. The molecule has 1 N–H and O–H groups in total. The van der Waals surface area contributed by atoms with Crippen LogP contribution in [0.15, 0.2) is 36.5 Å². The first-order chi connectivity index (χ1) is 13.4. The average molecular weight is 380 g/mol. The molecule has 0 saturated heterocycles. The first-order valence-corrected chi connectivity index (χ1v) is 8.87. The van der Waals surface area contributed by atoms with Crippen LogP contribution in [0.5, 0.6) is 5.75 Å². The van der Waals surface area contributed by atoms with Crippen LogP contribution < -0.4 is 0 Å². The van der Waals surface area contributed by atoms with E-state index in [1.807, 2.05) is 25.1 Å². The Labute approximate surface area is 162 Å². The highest BCUT2D eigenvalue weighted by Gasteiger charge is 2.20. The largest absolute Gasteiger partial charge is 0.505 e. The summed E-state index contributed by atoms with van der Waals surface area (Å²) in [5.74, 6) is -0.474. The summed E-state index contributed by atoms with van der Waals surface area (Å²) in [6.45, 7) is 0.406. The fourth-order valence-electron chi connectivity index (χ4n) is 3.40. The van der Waals surface area contributed by atoms with Crippen LogP contribution in [0.4, 0.5) is 4.39 Å². The lowest BCUT2D eigenvalue weighted by molar-refractivity contribution is -0.107. The molecule has 0 bridgehead atoms. The Bertz CT molecular complexity index is 1030. The van der Waals surface area contributed by atoms with E-state index in [2.05, 4.69) is 4.98 Å². The topological polar surface area (TPSA) is 70.5 Å². The highest BCUT2D eigenvalue weighted by molar-refractivity contribution is 5.98. The number of benzene rings is 2. The van der Waals surface area contributed by atoms with Crippen LogP contribution in [0.25, 0.3) is 10.9 Å². The fourth-order valence-corrected chi connectivity index (χ4v) is 3.40. The normalized spacial score (nSPS) is 11.1. The number of nitrogens with zero attached hydrogens (tertiary/aromatic N) is 2. The zero-order valence-corrected chi connectivity index (χ0v) is 15.8. The van der Waals surface area contributed by atoms with E-state index >= 15 is 0 Å². The lowest BCUT2D eigenvalue weighted by Crippen LogP contribution is -2.15. The Hall–Kier alpha value is -3.12. The van der Waals surface area contributed by atoms with Crippen molar-refractivity contribution in [1.82, 2.24) is 9.88 Å². The van der Waals surface area contributed by atoms with Gasteiger partial charge < -0.3 is 14.8 Å². The van der Waals surface area contributed by atoms with E-state index in [1.165, 1.54) is 12.1 Å². The molecule has 6 heteroatoms. The maximum absolute atomic E-state index is 13.1. The van der Waals surface area contributed by atoms with Crippen molar-refractivity contribution in [2.45, 2.75) is 19.4 Å². The molecule has 5 nitrogen and oxygen atoms in total. The fraction of sp³-hybridized carbons (Fsp3) is 0.227. The van der Waals surface area contributed by atoms with Crippen molar-refractivity contribution in [3.63, 3.8) is 0 Å². The van der Waals surface area contributed by atoms with Crippen LogP contribution >= 0.6 is 0 Å². The molecule has 28 heavy (non-hydrogen) atoms. The molecule has 1 heterocycles. The second kappa shape index (κ2) is 8.27. The number of aldehydes is 2. The van der Waals surface area contributed by atoms with Crippen LogP contribution in [0.2, 0.25) is 0 Å². The van der Waals surface area contributed by atoms with Crippen molar-refractivity contribution >= 4 is 23.5 Å². The Kier molecular flexibility index (Phi) is 5.80. The van der Waals surface area contributed by atoms with Crippen molar-refractivity contribution in [2.24, 2.45) is 0 Å². The van der Waals surface area contributed by atoms with Crippen LogP contribution in [0.1, 0.15) is 32.6 Å². The van der Waals surface area contributed by atoms with Gasteiger partial charge in [0.05, 0.1) is 5.56 Å². The van der Waals surface area contributed by atoms with Gasteiger partial charge in [-0.25, -0.2) is 4.39 Å². The third kappa shape index (κ3) is 3.92. The monoisotopic (exact) mass is 380 g/mol. The van der Waals surface area contributed by atoms with E-state index < -0.39 is 0 Å². The first-order valence-electron chi connectivity index (χ1n) is 8.87. The number of aromatic nitrogens is 1. The molecule has 0 unspecified atom stereocenters. The number of hydrogen-bond acceptors (Lipinski definition) is 5. The molecule has 0 aliphatic carbocycles. The van der Waals surface area contributed by atoms with Crippen molar-refractivity contribution in [3.8, 4) is 5.75 Å².